The summed E-state index contributed by atoms with van der Waals surface area (Å²) in [7, 11) is 0. The summed E-state index contributed by atoms with van der Waals surface area (Å²) in [5, 5.41) is 1.59. The van der Waals surface area contributed by atoms with Gasteiger partial charge in [0.2, 0.25) is 0 Å². The molecule has 1 aliphatic heterocycles. The quantitative estimate of drug-likeness (QED) is 0.375. The third-order valence-corrected chi connectivity index (χ3v) is 7.02. The Bertz CT molecular complexity index is 1330. The average Bonchev–Trinajstić information content (AvgIpc) is 3.32. The first-order valence-corrected chi connectivity index (χ1v) is 11.6. The highest BCUT2D eigenvalue weighted by atomic mass is 35.5. The second-order valence-electron chi connectivity index (χ2n) is 7.88. The first-order valence-electron chi connectivity index (χ1n) is 10.4. The summed E-state index contributed by atoms with van der Waals surface area (Å²) in [6, 6.07) is 11.7. The third kappa shape index (κ3) is 4.16. The smallest absolute Gasteiger partial charge is 0.311 e. The fraction of sp³-hybridized carbons (Fsp3) is 0.292. The van der Waals surface area contributed by atoms with Crippen molar-refractivity contribution < 1.29 is 14.3 Å². The number of esters is 1. The topological polar surface area (TPSA) is 66.2 Å². The zero-order valence-corrected chi connectivity index (χ0v) is 19.4. The van der Waals surface area contributed by atoms with Gasteiger partial charge in [0.15, 0.2) is 0 Å². The number of hydrogen-bond donors (Lipinski definition) is 0. The van der Waals surface area contributed by atoms with Crippen LogP contribution in [0.5, 0.6) is 0 Å². The van der Waals surface area contributed by atoms with E-state index < -0.39 is 0 Å². The van der Waals surface area contributed by atoms with Gasteiger partial charge in [-0.1, -0.05) is 23.7 Å². The zero-order chi connectivity index (χ0) is 22.2. The van der Waals surface area contributed by atoms with Crippen LogP contribution in [0.15, 0.2) is 36.4 Å². The summed E-state index contributed by atoms with van der Waals surface area (Å²) in [5.41, 5.74) is 5.85. The van der Waals surface area contributed by atoms with E-state index in [9.17, 15) is 4.79 Å². The second-order valence-corrected chi connectivity index (χ2v) is 9.40. The SMILES string of the molecule is Cc1cc(Cl)ccc1-c1nc(C)c(CC(=O)OCc2ccc3c(c2)nc2n3CCOC2)s1. The Morgan fingerprint density at radius 3 is 2.94 bits per heavy atom. The number of carbonyl (C=O) groups excluding carboxylic acids is 1. The van der Waals surface area contributed by atoms with Crippen LogP contribution in [0.4, 0.5) is 0 Å². The molecule has 6 nitrogen and oxygen atoms in total. The third-order valence-electron chi connectivity index (χ3n) is 5.60. The number of benzene rings is 2. The maximum Gasteiger partial charge on any atom is 0.311 e. The standard InChI is InChI=1S/C24H22ClN3O3S/c1-14-9-17(25)4-5-18(14)24-26-15(2)21(32-24)11-23(29)31-12-16-3-6-20-19(10-16)27-22-13-30-8-7-28(20)22/h3-6,9-10H,7-8,11-13H2,1-2H3. The fourth-order valence-corrected chi connectivity index (χ4v) is 5.28. The molecule has 32 heavy (non-hydrogen) atoms. The number of thiazole rings is 1. The lowest BCUT2D eigenvalue weighted by Gasteiger charge is -2.14. The molecular weight excluding hydrogens is 446 g/mol. The molecule has 0 radical (unpaired) electrons. The Labute approximate surface area is 194 Å². The summed E-state index contributed by atoms with van der Waals surface area (Å²) in [4.78, 5) is 22.7. The minimum absolute atomic E-state index is 0.203. The number of rotatable bonds is 5. The van der Waals surface area contributed by atoms with Crippen LogP contribution in [0.2, 0.25) is 5.02 Å². The Morgan fingerprint density at radius 1 is 1.22 bits per heavy atom. The van der Waals surface area contributed by atoms with Crippen LogP contribution in [-0.4, -0.2) is 27.1 Å². The van der Waals surface area contributed by atoms with Crippen LogP contribution >= 0.6 is 22.9 Å². The van der Waals surface area contributed by atoms with Gasteiger partial charge in [-0.3, -0.25) is 4.79 Å². The number of nitrogens with zero attached hydrogens (tertiary/aromatic N) is 3. The van der Waals surface area contributed by atoms with E-state index in [1.807, 2.05) is 50.2 Å². The number of imidazole rings is 1. The molecular formula is C24H22ClN3O3S. The van der Waals surface area contributed by atoms with Gasteiger partial charge in [0, 0.05) is 22.0 Å². The summed E-state index contributed by atoms with van der Waals surface area (Å²) >= 11 is 7.58. The molecule has 2 aromatic carbocycles. The largest absolute Gasteiger partial charge is 0.461 e. The van der Waals surface area contributed by atoms with Gasteiger partial charge in [-0.05, 0) is 49.2 Å². The van der Waals surface area contributed by atoms with Crippen molar-refractivity contribution in [1.82, 2.24) is 14.5 Å². The molecule has 0 bridgehead atoms. The van der Waals surface area contributed by atoms with Crippen molar-refractivity contribution in [1.29, 1.82) is 0 Å². The molecule has 0 unspecified atom stereocenters. The molecule has 4 aromatic rings. The van der Waals surface area contributed by atoms with Crippen molar-refractivity contribution in [2.75, 3.05) is 6.61 Å². The monoisotopic (exact) mass is 467 g/mol. The number of ether oxygens (including phenoxy) is 2. The maximum absolute atomic E-state index is 12.5. The number of aromatic nitrogens is 3. The van der Waals surface area contributed by atoms with E-state index in [0.29, 0.717) is 18.2 Å². The predicted octanol–water partition coefficient (Wildman–Crippen LogP) is 5.25. The molecule has 0 amide bonds. The van der Waals surface area contributed by atoms with Crippen LogP contribution in [-0.2, 0) is 40.4 Å². The molecule has 0 saturated carbocycles. The van der Waals surface area contributed by atoms with Crippen LogP contribution in [0, 0.1) is 13.8 Å². The van der Waals surface area contributed by atoms with Gasteiger partial charge in [0.05, 0.1) is 29.8 Å². The molecule has 0 atom stereocenters. The number of fused-ring (bicyclic) bond motifs is 3. The maximum atomic E-state index is 12.5. The van der Waals surface area contributed by atoms with Crippen LogP contribution < -0.4 is 0 Å². The molecule has 0 saturated heterocycles. The highest BCUT2D eigenvalue weighted by molar-refractivity contribution is 7.15. The van der Waals surface area contributed by atoms with Gasteiger partial charge in [0.1, 0.15) is 24.0 Å². The Kier molecular flexibility index (Phi) is 5.71. The molecule has 0 aliphatic carbocycles. The van der Waals surface area contributed by atoms with Crippen molar-refractivity contribution in [3.05, 3.63) is 68.9 Å². The minimum atomic E-state index is -0.270. The number of carbonyl (C=O) groups is 1. The lowest BCUT2D eigenvalue weighted by Crippen LogP contribution is -2.16. The number of halogens is 1. The first-order chi connectivity index (χ1) is 15.5. The second kappa shape index (κ2) is 8.65. The summed E-state index contributed by atoms with van der Waals surface area (Å²) in [6.07, 6.45) is 0.203. The normalized spacial score (nSPS) is 13.3. The van der Waals surface area contributed by atoms with Gasteiger partial charge in [0.25, 0.3) is 0 Å². The van der Waals surface area contributed by atoms with E-state index in [1.54, 1.807) is 0 Å². The van der Waals surface area contributed by atoms with E-state index in [-0.39, 0.29) is 19.0 Å². The van der Waals surface area contributed by atoms with E-state index in [1.165, 1.54) is 11.3 Å². The summed E-state index contributed by atoms with van der Waals surface area (Å²) < 4.78 is 13.2. The Balaban J connectivity index is 1.26. The Hall–Kier alpha value is -2.74. The van der Waals surface area contributed by atoms with E-state index in [2.05, 4.69) is 14.5 Å². The number of aryl methyl sites for hydroxylation is 2. The molecule has 5 rings (SSSR count). The molecule has 1 aliphatic rings. The van der Waals surface area contributed by atoms with Crippen molar-refractivity contribution in [3.8, 4) is 10.6 Å². The summed E-state index contributed by atoms with van der Waals surface area (Å²) in [6.45, 7) is 6.19. The average molecular weight is 468 g/mol. The van der Waals surface area contributed by atoms with E-state index >= 15 is 0 Å². The van der Waals surface area contributed by atoms with Crippen LogP contribution in [0.25, 0.3) is 21.6 Å². The van der Waals surface area contributed by atoms with E-state index in [0.717, 1.165) is 55.7 Å². The summed E-state index contributed by atoms with van der Waals surface area (Å²) in [5.74, 6) is 0.668. The van der Waals surface area contributed by atoms with Crippen LogP contribution in [0.3, 0.4) is 0 Å². The molecule has 0 fully saturated rings. The molecule has 2 aromatic heterocycles. The van der Waals surface area contributed by atoms with Gasteiger partial charge < -0.3 is 14.0 Å². The van der Waals surface area contributed by atoms with Crippen LogP contribution in [0.1, 0.15) is 27.5 Å². The zero-order valence-electron chi connectivity index (χ0n) is 17.9. The Morgan fingerprint density at radius 2 is 2.09 bits per heavy atom. The molecule has 0 spiro atoms. The van der Waals surface area contributed by atoms with Gasteiger partial charge in [-0.25, -0.2) is 9.97 Å². The highest BCUT2D eigenvalue weighted by Crippen LogP contribution is 2.32. The highest BCUT2D eigenvalue weighted by Gasteiger charge is 2.17. The van der Waals surface area contributed by atoms with Crippen molar-refractivity contribution in [3.63, 3.8) is 0 Å². The van der Waals surface area contributed by atoms with Crippen molar-refractivity contribution >= 4 is 39.9 Å². The minimum Gasteiger partial charge on any atom is -0.461 e. The van der Waals surface area contributed by atoms with Gasteiger partial charge in [-0.2, -0.15) is 0 Å². The van der Waals surface area contributed by atoms with Gasteiger partial charge >= 0.3 is 5.97 Å². The lowest BCUT2D eigenvalue weighted by atomic mass is 10.1. The fourth-order valence-electron chi connectivity index (χ4n) is 3.91. The van der Waals surface area contributed by atoms with E-state index in [4.69, 9.17) is 21.1 Å². The molecule has 3 heterocycles. The lowest BCUT2D eigenvalue weighted by molar-refractivity contribution is -0.144. The van der Waals surface area contributed by atoms with Crippen molar-refractivity contribution in [2.45, 2.75) is 40.0 Å². The predicted molar refractivity (Wildman–Crippen MR) is 125 cm³/mol. The van der Waals surface area contributed by atoms with Gasteiger partial charge in [-0.15, -0.1) is 11.3 Å². The first kappa shape index (κ1) is 21.1. The molecule has 8 heteroatoms. The van der Waals surface area contributed by atoms with Crippen molar-refractivity contribution in [2.24, 2.45) is 0 Å². The molecule has 164 valence electrons. The number of hydrogen-bond acceptors (Lipinski definition) is 6. The molecule has 0 N–H and O–H groups in total.